The van der Waals surface area contributed by atoms with Gasteiger partial charge in [0.25, 0.3) is 5.91 Å². The molecule has 1 aliphatic rings. The third-order valence-corrected chi connectivity index (χ3v) is 6.99. The van der Waals surface area contributed by atoms with E-state index in [1.807, 2.05) is 30.2 Å². The zero-order valence-corrected chi connectivity index (χ0v) is 22.6. The number of nitrogens with zero attached hydrogens (tertiary/aromatic N) is 5. The lowest BCUT2D eigenvalue weighted by molar-refractivity contribution is 0.0640. The number of halogens is 1. The van der Waals surface area contributed by atoms with E-state index in [4.69, 9.17) is 17.3 Å². The number of benzene rings is 1. The normalized spacial score (nSPS) is 13.8. The van der Waals surface area contributed by atoms with Crippen LogP contribution in [0.2, 0.25) is 5.02 Å². The van der Waals surface area contributed by atoms with Gasteiger partial charge in [0.05, 0.1) is 27.5 Å². The van der Waals surface area contributed by atoms with Gasteiger partial charge in [0, 0.05) is 56.6 Å². The first kappa shape index (κ1) is 26.9. The van der Waals surface area contributed by atoms with Gasteiger partial charge in [-0.05, 0) is 36.9 Å². The topological polar surface area (TPSA) is 100 Å². The molecule has 3 N–H and O–H groups in total. The summed E-state index contributed by atoms with van der Waals surface area (Å²) < 4.78 is 3.26. The molecule has 0 unspecified atom stereocenters. The molecule has 1 amide bonds. The number of hydrogen-bond donors (Lipinski definition) is 2. The van der Waals surface area contributed by atoms with E-state index in [9.17, 15) is 4.79 Å². The van der Waals surface area contributed by atoms with Crippen LogP contribution in [0, 0.1) is 11.8 Å². The Bertz CT molecular complexity index is 1300. The zero-order chi connectivity index (χ0) is 26.2. The van der Waals surface area contributed by atoms with Crippen molar-refractivity contribution in [2.75, 3.05) is 51.3 Å². The SMILES string of the molecule is CCc1ncnc(-c2ccc(C(=O)N3CCN(CCNSC)CC3)c(Cl)c2)c1C#Cc1ccc(N)nc1. The number of amides is 1. The number of carbonyl (C=O) groups excluding carboxylic acids is 1. The standard InChI is InChI=1S/C27H30ClN7OS/c1-3-24-22(7-4-19-5-9-25(29)30-17-19)26(32-18-31-24)20-6-8-21(23(28)16-20)27(36)35-14-12-34(13-15-35)11-10-33-37-2/h5-6,8-9,16-18,33H,3,10-15H2,1-2H3,(H2,29,30). The van der Waals surface area contributed by atoms with E-state index in [1.54, 1.807) is 36.3 Å². The third kappa shape index (κ3) is 6.79. The lowest BCUT2D eigenvalue weighted by atomic mass is 10.0. The largest absolute Gasteiger partial charge is 0.384 e. The molecule has 0 bridgehead atoms. The van der Waals surface area contributed by atoms with Gasteiger partial charge >= 0.3 is 0 Å². The number of aryl methyl sites for hydroxylation is 1. The van der Waals surface area contributed by atoms with Gasteiger partial charge in [-0.3, -0.25) is 14.4 Å². The van der Waals surface area contributed by atoms with Crippen LogP contribution in [0.3, 0.4) is 0 Å². The van der Waals surface area contributed by atoms with Gasteiger partial charge in [-0.2, -0.15) is 0 Å². The van der Waals surface area contributed by atoms with Crippen LogP contribution in [0.15, 0.2) is 42.9 Å². The Balaban J connectivity index is 1.54. The van der Waals surface area contributed by atoms with Gasteiger partial charge in [-0.25, -0.2) is 15.0 Å². The van der Waals surface area contributed by atoms with E-state index < -0.39 is 0 Å². The maximum absolute atomic E-state index is 13.2. The van der Waals surface area contributed by atoms with Crippen LogP contribution >= 0.6 is 23.5 Å². The average Bonchev–Trinajstić information content (AvgIpc) is 2.92. The molecule has 1 aliphatic heterocycles. The number of carbonyl (C=O) groups is 1. The summed E-state index contributed by atoms with van der Waals surface area (Å²) in [5, 5.41) is 0.396. The second kappa shape index (κ2) is 12.9. The van der Waals surface area contributed by atoms with Crippen molar-refractivity contribution >= 4 is 35.3 Å². The summed E-state index contributed by atoms with van der Waals surface area (Å²) in [4.78, 5) is 30.5. The average molecular weight is 536 g/mol. The molecule has 4 rings (SSSR count). The number of hydrogen-bond acceptors (Lipinski definition) is 8. The second-order valence-corrected chi connectivity index (χ2v) is 9.65. The number of piperazine rings is 1. The van der Waals surface area contributed by atoms with E-state index in [1.165, 1.54) is 6.33 Å². The molecule has 1 aromatic carbocycles. The molecule has 0 aliphatic carbocycles. The first-order valence-electron chi connectivity index (χ1n) is 12.1. The lowest BCUT2D eigenvalue weighted by Gasteiger charge is -2.34. The maximum atomic E-state index is 13.2. The quantitative estimate of drug-likeness (QED) is 0.270. The van der Waals surface area contributed by atoms with Crippen molar-refractivity contribution in [1.82, 2.24) is 29.5 Å². The lowest BCUT2D eigenvalue weighted by Crippen LogP contribution is -2.49. The number of anilines is 1. The van der Waals surface area contributed by atoms with Crippen molar-refractivity contribution in [3.63, 3.8) is 0 Å². The van der Waals surface area contributed by atoms with Crippen LogP contribution in [-0.2, 0) is 6.42 Å². The Morgan fingerprint density at radius 2 is 1.95 bits per heavy atom. The van der Waals surface area contributed by atoms with Crippen LogP contribution in [0.25, 0.3) is 11.3 Å². The summed E-state index contributed by atoms with van der Waals surface area (Å²) in [5.74, 6) is 6.74. The smallest absolute Gasteiger partial charge is 0.255 e. The maximum Gasteiger partial charge on any atom is 0.255 e. The first-order valence-corrected chi connectivity index (χ1v) is 13.7. The number of pyridine rings is 1. The molecule has 1 saturated heterocycles. The fraction of sp³-hybridized carbons (Fsp3) is 0.333. The highest BCUT2D eigenvalue weighted by Gasteiger charge is 2.24. The summed E-state index contributed by atoms with van der Waals surface area (Å²) in [6.07, 6.45) is 5.89. The van der Waals surface area contributed by atoms with Crippen molar-refractivity contribution < 1.29 is 4.79 Å². The Kier molecular flexibility index (Phi) is 9.36. The highest BCUT2D eigenvalue weighted by atomic mass is 35.5. The molecule has 37 heavy (non-hydrogen) atoms. The molecule has 3 heterocycles. The van der Waals surface area contributed by atoms with Gasteiger partial charge in [-0.1, -0.05) is 48.4 Å². The Morgan fingerprint density at radius 1 is 1.14 bits per heavy atom. The van der Waals surface area contributed by atoms with E-state index in [0.717, 1.165) is 48.6 Å². The van der Waals surface area contributed by atoms with E-state index in [2.05, 4.69) is 36.4 Å². The molecular weight excluding hydrogens is 506 g/mol. The molecule has 10 heteroatoms. The predicted octanol–water partition coefficient (Wildman–Crippen LogP) is 3.36. The molecule has 0 spiro atoms. The molecule has 0 saturated carbocycles. The van der Waals surface area contributed by atoms with Crippen molar-refractivity contribution in [1.29, 1.82) is 0 Å². The molecule has 1 fully saturated rings. The van der Waals surface area contributed by atoms with Crippen molar-refractivity contribution in [3.8, 4) is 23.1 Å². The van der Waals surface area contributed by atoms with Crippen LogP contribution in [0.5, 0.6) is 0 Å². The summed E-state index contributed by atoms with van der Waals surface area (Å²) in [5.41, 5.74) is 9.94. The van der Waals surface area contributed by atoms with Gasteiger partial charge in [-0.15, -0.1) is 0 Å². The van der Waals surface area contributed by atoms with Crippen molar-refractivity contribution in [3.05, 3.63) is 70.3 Å². The minimum Gasteiger partial charge on any atom is -0.384 e. The van der Waals surface area contributed by atoms with Crippen molar-refractivity contribution in [2.45, 2.75) is 13.3 Å². The van der Waals surface area contributed by atoms with E-state index >= 15 is 0 Å². The van der Waals surface area contributed by atoms with Crippen LogP contribution in [0.1, 0.15) is 34.1 Å². The minimum atomic E-state index is -0.0498. The fourth-order valence-corrected chi connectivity index (χ4v) is 4.70. The Morgan fingerprint density at radius 3 is 2.62 bits per heavy atom. The monoisotopic (exact) mass is 535 g/mol. The minimum absolute atomic E-state index is 0.0498. The summed E-state index contributed by atoms with van der Waals surface area (Å²) in [6.45, 7) is 6.98. The molecule has 2 aromatic heterocycles. The van der Waals surface area contributed by atoms with E-state index in [0.29, 0.717) is 41.6 Å². The number of nitrogens with one attached hydrogen (secondary N) is 1. The summed E-state index contributed by atoms with van der Waals surface area (Å²) in [6, 6.07) is 8.98. The highest BCUT2D eigenvalue weighted by molar-refractivity contribution is 7.96. The zero-order valence-electron chi connectivity index (χ0n) is 21.0. The van der Waals surface area contributed by atoms with Gasteiger partial charge in [0.1, 0.15) is 12.1 Å². The van der Waals surface area contributed by atoms with Gasteiger partial charge in [0.2, 0.25) is 0 Å². The third-order valence-electron chi connectivity index (χ3n) is 6.19. The molecule has 192 valence electrons. The Hall–Kier alpha value is -3.16. The van der Waals surface area contributed by atoms with Crippen LogP contribution < -0.4 is 10.5 Å². The fourth-order valence-electron chi connectivity index (χ4n) is 4.14. The van der Waals surface area contributed by atoms with Gasteiger partial charge in [0.15, 0.2) is 0 Å². The predicted molar refractivity (Wildman–Crippen MR) is 150 cm³/mol. The second-order valence-electron chi connectivity index (χ2n) is 8.55. The van der Waals surface area contributed by atoms with Crippen molar-refractivity contribution in [2.24, 2.45) is 0 Å². The molecular formula is C27H30ClN7OS. The van der Waals surface area contributed by atoms with Gasteiger partial charge < -0.3 is 10.6 Å². The summed E-state index contributed by atoms with van der Waals surface area (Å²) >= 11 is 8.27. The van der Waals surface area contributed by atoms with E-state index in [-0.39, 0.29) is 5.91 Å². The molecule has 8 nitrogen and oxygen atoms in total. The molecule has 3 aromatic rings. The molecule has 0 radical (unpaired) electrons. The Labute approximate surface area is 227 Å². The number of aromatic nitrogens is 3. The molecule has 0 atom stereocenters. The first-order chi connectivity index (χ1) is 18.0. The number of nitrogen functional groups attached to an aromatic ring is 1. The highest BCUT2D eigenvalue weighted by Crippen LogP contribution is 2.28. The number of rotatable bonds is 7. The van der Waals surface area contributed by atoms with Crippen LogP contribution in [-0.4, -0.2) is 76.2 Å². The summed E-state index contributed by atoms with van der Waals surface area (Å²) in [7, 11) is 0. The van der Waals surface area contributed by atoms with Crippen LogP contribution in [0.4, 0.5) is 5.82 Å². The number of nitrogens with two attached hydrogens (primary N) is 1.